The highest BCUT2D eigenvalue weighted by Crippen LogP contribution is 2.37. The quantitative estimate of drug-likeness (QED) is 0.221. The van der Waals surface area contributed by atoms with Gasteiger partial charge in [-0.1, -0.05) is 57.9 Å². The van der Waals surface area contributed by atoms with Crippen LogP contribution in [0.15, 0.2) is 77.3 Å². The molecule has 0 fully saturated rings. The molecular formula is C30H26BrClN4O2. The van der Waals surface area contributed by atoms with E-state index in [1.807, 2.05) is 84.2 Å². The third-order valence-corrected chi connectivity index (χ3v) is 7.77. The Hall–Kier alpha value is -3.55. The summed E-state index contributed by atoms with van der Waals surface area (Å²) in [5.74, 6) is 1.36. The molecule has 8 heteroatoms. The predicted molar refractivity (Wildman–Crippen MR) is 154 cm³/mol. The maximum Gasteiger partial charge on any atom is 0.275 e. The number of nitrogens with zero attached hydrogens (tertiary/aromatic N) is 3. The molecule has 0 spiro atoms. The molecule has 38 heavy (non-hydrogen) atoms. The van der Waals surface area contributed by atoms with Gasteiger partial charge < -0.3 is 14.6 Å². The summed E-state index contributed by atoms with van der Waals surface area (Å²) in [4.78, 5) is 14.0. The molecule has 0 atom stereocenters. The molecule has 0 saturated heterocycles. The van der Waals surface area contributed by atoms with Crippen molar-refractivity contribution in [2.75, 3.05) is 5.32 Å². The molecule has 1 aliphatic heterocycles. The van der Waals surface area contributed by atoms with E-state index in [9.17, 15) is 4.79 Å². The van der Waals surface area contributed by atoms with Gasteiger partial charge in [-0.05, 0) is 79.8 Å². The van der Waals surface area contributed by atoms with Crippen molar-refractivity contribution < 1.29 is 9.53 Å². The fraction of sp³-hybridized carbons (Fsp3) is 0.200. The summed E-state index contributed by atoms with van der Waals surface area (Å²) >= 11 is 9.68. The van der Waals surface area contributed by atoms with Crippen molar-refractivity contribution in [2.24, 2.45) is 0 Å². The van der Waals surface area contributed by atoms with Gasteiger partial charge in [0.2, 0.25) is 0 Å². The average Bonchev–Trinajstić information content (AvgIpc) is 3.32. The van der Waals surface area contributed by atoms with Gasteiger partial charge in [-0.2, -0.15) is 0 Å². The number of aromatic nitrogens is 3. The van der Waals surface area contributed by atoms with E-state index in [-0.39, 0.29) is 5.91 Å². The first-order valence-corrected chi connectivity index (χ1v) is 13.8. The van der Waals surface area contributed by atoms with Crippen LogP contribution in [0.4, 0.5) is 5.69 Å². The van der Waals surface area contributed by atoms with Crippen LogP contribution >= 0.6 is 27.5 Å². The lowest BCUT2D eigenvalue weighted by Gasteiger charge is -2.11. The van der Waals surface area contributed by atoms with Crippen LogP contribution in [0.2, 0.25) is 5.02 Å². The summed E-state index contributed by atoms with van der Waals surface area (Å²) in [7, 11) is 0. The van der Waals surface area contributed by atoms with Crippen LogP contribution in [-0.4, -0.2) is 20.1 Å². The summed E-state index contributed by atoms with van der Waals surface area (Å²) < 4.78 is 11.1. The van der Waals surface area contributed by atoms with E-state index < -0.39 is 0 Å². The van der Waals surface area contributed by atoms with Crippen LogP contribution < -0.4 is 10.1 Å². The van der Waals surface area contributed by atoms with E-state index in [0.29, 0.717) is 17.3 Å². The van der Waals surface area contributed by atoms with Gasteiger partial charge in [-0.15, -0.1) is 5.10 Å². The Morgan fingerprint density at radius 2 is 1.82 bits per heavy atom. The lowest BCUT2D eigenvalue weighted by molar-refractivity contribution is 0.102. The third-order valence-electron chi connectivity index (χ3n) is 6.98. The number of benzene rings is 3. The minimum atomic E-state index is -0.198. The predicted octanol–water partition coefficient (Wildman–Crippen LogP) is 7.69. The first-order valence-electron chi connectivity index (χ1n) is 12.6. The van der Waals surface area contributed by atoms with E-state index in [1.165, 1.54) is 0 Å². The van der Waals surface area contributed by atoms with Gasteiger partial charge in [-0.25, -0.2) is 4.52 Å². The van der Waals surface area contributed by atoms with E-state index in [1.54, 1.807) is 0 Å². The minimum Gasteiger partial charge on any atom is -0.486 e. The lowest BCUT2D eigenvalue weighted by Crippen LogP contribution is -2.17. The fourth-order valence-corrected chi connectivity index (χ4v) is 5.51. The molecule has 2 aromatic heterocycles. The Morgan fingerprint density at radius 3 is 2.58 bits per heavy atom. The molecule has 0 unspecified atom stereocenters. The van der Waals surface area contributed by atoms with Gasteiger partial charge >= 0.3 is 0 Å². The molecule has 6 nitrogen and oxygen atoms in total. The number of aryl methyl sites for hydroxylation is 3. The minimum absolute atomic E-state index is 0.198. The second-order valence-electron chi connectivity index (χ2n) is 9.48. The molecule has 0 radical (unpaired) electrons. The van der Waals surface area contributed by atoms with Crippen molar-refractivity contribution in [3.63, 3.8) is 0 Å². The first-order chi connectivity index (χ1) is 18.5. The molecule has 1 amide bonds. The van der Waals surface area contributed by atoms with Crippen molar-refractivity contribution in [1.82, 2.24) is 14.2 Å². The van der Waals surface area contributed by atoms with Gasteiger partial charge in [0.1, 0.15) is 23.7 Å². The standard InChI is InChI=1S/C30H26BrClN4O2/c1-19-6-2-3-8-25(19)33-29(37)28-27(20-9-13-22(32)14-10-20)24-7-4-5-17-35-26(34-36(28)30(24)35)18-38-23-15-11-21(31)12-16-23/h2-3,6,8-16H,4-5,7,17-18H2,1H3,(H,33,37). The SMILES string of the molecule is Cc1ccccc1NC(=O)c1c(-c2ccc(Cl)cc2)c2c3n(c(COc4ccc(Br)cc4)nn13)CCCC2. The smallest absolute Gasteiger partial charge is 0.275 e. The number of halogens is 2. The molecule has 6 rings (SSSR count). The van der Waals surface area contributed by atoms with Gasteiger partial charge in [-0.3, -0.25) is 4.79 Å². The monoisotopic (exact) mass is 588 g/mol. The topological polar surface area (TPSA) is 60.6 Å². The molecule has 3 heterocycles. The van der Waals surface area contributed by atoms with Crippen molar-refractivity contribution >= 4 is 44.8 Å². The highest BCUT2D eigenvalue weighted by Gasteiger charge is 2.30. The fourth-order valence-electron chi connectivity index (χ4n) is 5.12. The number of nitrogens with one attached hydrogen (secondary N) is 1. The van der Waals surface area contributed by atoms with Crippen molar-refractivity contribution in [3.05, 3.63) is 105 Å². The molecular weight excluding hydrogens is 564 g/mol. The summed E-state index contributed by atoms with van der Waals surface area (Å²) in [5, 5.41) is 8.76. The number of ether oxygens (including phenoxy) is 1. The molecule has 0 aliphatic carbocycles. The summed E-state index contributed by atoms with van der Waals surface area (Å²) in [6, 6.07) is 23.2. The second-order valence-corrected chi connectivity index (χ2v) is 10.8. The third kappa shape index (κ3) is 4.61. The number of carbonyl (C=O) groups is 1. The molecule has 1 N–H and O–H groups in total. The molecule has 1 aliphatic rings. The molecule has 5 aromatic rings. The van der Waals surface area contributed by atoms with Crippen molar-refractivity contribution in [1.29, 1.82) is 0 Å². The van der Waals surface area contributed by atoms with Crippen molar-refractivity contribution in [2.45, 2.75) is 39.3 Å². The number of hydrogen-bond acceptors (Lipinski definition) is 3. The Balaban J connectivity index is 1.49. The zero-order valence-electron chi connectivity index (χ0n) is 20.9. The van der Waals surface area contributed by atoms with Crippen LogP contribution in [0.1, 0.15) is 40.3 Å². The van der Waals surface area contributed by atoms with Crippen LogP contribution in [0, 0.1) is 6.92 Å². The van der Waals surface area contributed by atoms with Crippen LogP contribution in [0.5, 0.6) is 5.75 Å². The number of anilines is 1. The number of hydrogen-bond donors (Lipinski definition) is 1. The molecule has 192 valence electrons. The van der Waals surface area contributed by atoms with Gasteiger partial charge in [0.15, 0.2) is 5.82 Å². The Bertz CT molecular complexity index is 1640. The summed E-state index contributed by atoms with van der Waals surface area (Å²) in [6.07, 6.45) is 2.91. The van der Waals surface area contributed by atoms with E-state index in [0.717, 1.165) is 75.4 Å². The van der Waals surface area contributed by atoms with Crippen LogP contribution in [0.3, 0.4) is 0 Å². The summed E-state index contributed by atoms with van der Waals surface area (Å²) in [6.45, 7) is 3.11. The number of amides is 1. The van der Waals surface area contributed by atoms with Gasteiger partial charge in [0.25, 0.3) is 5.91 Å². The largest absolute Gasteiger partial charge is 0.486 e. The first kappa shape index (κ1) is 24.8. The number of para-hydroxylation sites is 1. The highest BCUT2D eigenvalue weighted by molar-refractivity contribution is 9.10. The normalized spacial score (nSPS) is 12.9. The van der Waals surface area contributed by atoms with E-state index in [4.69, 9.17) is 21.4 Å². The molecule has 0 bridgehead atoms. The second kappa shape index (κ2) is 10.3. The Kier molecular flexibility index (Phi) is 6.72. The number of carbonyl (C=O) groups excluding carboxylic acids is 1. The maximum absolute atomic E-state index is 14.0. The molecule has 3 aromatic carbocycles. The zero-order valence-corrected chi connectivity index (χ0v) is 23.2. The lowest BCUT2D eigenvalue weighted by atomic mass is 9.98. The van der Waals surface area contributed by atoms with Crippen molar-refractivity contribution in [3.8, 4) is 16.9 Å². The maximum atomic E-state index is 14.0. The number of rotatable bonds is 6. The van der Waals surface area contributed by atoms with Crippen LogP contribution in [-0.2, 0) is 19.6 Å². The highest BCUT2D eigenvalue weighted by atomic mass is 79.9. The van der Waals surface area contributed by atoms with Gasteiger partial charge in [0.05, 0.1) is 0 Å². The molecule has 0 saturated carbocycles. The average molecular weight is 590 g/mol. The Morgan fingerprint density at radius 1 is 1.05 bits per heavy atom. The van der Waals surface area contributed by atoms with Gasteiger partial charge in [0, 0.05) is 32.9 Å². The van der Waals surface area contributed by atoms with E-state index >= 15 is 0 Å². The van der Waals surface area contributed by atoms with Crippen LogP contribution in [0.25, 0.3) is 16.8 Å². The van der Waals surface area contributed by atoms with E-state index in [2.05, 4.69) is 25.8 Å². The summed E-state index contributed by atoms with van der Waals surface area (Å²) in [5.41, 5.74) is 6.24. The zero-order chi connectivity index (χ0) is 26.2. The Labute approximate surface area is 234 Å².